The lowest BCUT2D eigenvalue weighted by atomic mass is 9.81. The average molecular weight is 516 g/mol. The third-order valence-electron chi connectivity index (χ3n) is 9.25. The minimum atomic E-state index is -0.269. The maximum absolute atomic E-state index is 12.6. The highest BCUT2D eigenvalue weighted by Gasteiger charge is 2.41. The standard InChI is InChI=1S/C32H41N3O3/c1-33(2)16-17-34-15-14-23-20-35-28-18-22(32(36)38-4)10-12-26(28)29(21-8-6-5-7-9-21)31(35)25-13-11-24(37-3)19-27(25)30(23)34/h10-13,18-19,21,23,30H,5-9,14-17,20H2,1-4H3/t23-,30+/m0/s1. The van der Waals surface area contributed by atoms with Crippen molar-refractivity contribution in [2.45, 2.75) is 57.0 Å². The van der Waals surface area contributed by atoms with Gasteiger partial charge in [0.05, 0.1) is 25.5 Å². The van der Waals surface area contributed by atoms with Crippen molar-refractivity contribution in [1.82, 2.24) is 14.4 Å². The van der Waals surface area contributed by atoms with E-state index in [1.807, 2.05) is 6.07 Å². The molecule has 202 valence electrons. The van der Waals surface area contributed by atoms with Gasteiger partial charge in [-0.2, -0.15) is 0 Å². The summed E-state index contributed by atoms with van der Waals surface area (Å²) >= 11 is 0. The van der Waals surface area contributed by atoms with Crippen molar-refractivity contribution in [3.05, 3.63) is 53.1 Å². The molecule has 1 aromatic heterocycles. The lowest BCUT2D eigenvalue weighted by Gasteiger charge is -2.30. The zero-order chi connectivity index (χ0) is 26.4. The Balaban J connectivity index is 1.59. The molecule has 2 aliphatic heterocycles. The number of fused-ring (bicyclic) bond motifs is 7. The quantitative estimate of drug-likeness (QED) is 0.372. The number of ether oxygens (including phenoxy) is 2. The summed E-state index contributed by atoms with van der Waals surface area (Å²) in [6, 6.07) is 13.3. The van der Waals surface area contributed by atoms with E-state index in [0.29, 0.717) is 23.4 Å². The molecule has 1 saturated carbocycles. The number of aromatic nitrogens is 1. The second-order valence-corrected chi connectivity index (χ2v) is 11.7. The molecule has 38 heavy (non-hydrogen) atoms. The van der Waals surface area contributed by atoms with Gasteiger partial charge < -0.3 is 18.9 Å². The number of carbonyl (C=O) groups excluding carboxylic acids is 1. The monoisotopic (exact) mass is 515 g/mol. The number of hydrogen-bond donors (Lipinski definition) is 0. The van der Waals surface area contributed by atoms with Gasteiger partial charge in [0.15, 0.2) is 0 Å². The zero-order valence-electron chi connectivity index (χ0n) is 23.3. The van der Waals surface area contributed by atoms with E-state index in [-0.39, 0.29) is 5.97 Å². The van der Waals surface area contributed by atoms with Crippen LogP contribution in [0.2, 0.25) is 0 Å². The maximum atomic E-state index is 12.6. The van der Waals surface area contributed by atoms with Crippen molar-refractivity contribution >= 4 is 16.9 Å². The highest BCUT2D eigenvalue weighted by Crippen LogP contribution is 2.52. The molecule has 0 spiro atoms. The Hall–Kier alpha value is -2.83. The van der Waals surface area contributed by atoms with Gasteiger partial charge in [0.1, 0.15) is 5.75 Å². The minimum Gasteiger partial charge on any atom is -0.497 e. The third-order valence-corrected chi connectivity index (χ3v) is 9.25. The molecule has 2 atom stereocenters. The van der Waals surface area contributed by atoms with Crippen molar-refractivity contribution in [3.8, 4) is 17.0 Å². The van der Waals surface area contributed by atoms with Crippen molar-refractivity contribution in [2.75, 3.05) is 47.9 Å². The van der Waals surface area contributed by atoms with Crippen LogP contribution < -0.4 is 4.74 Å². The summed E-state index contributed by atoms with van der Waals surface area (Å²) in [4.78, 5) is 17.5. The highest BCUT2D eigenvalue weighted by atomic mass is 16.5. The Morgan fingerprint density at radius 3 is 2.58 bits per heavy atom. The van der Waals surface area contributed by atoms with Gasteiger partial charge in [0, 0.05) is 42.1 Å². The van der Waals surface area contributed by atoms with E-state index < -0.39 is 0 Å². The number of rotatable bonds is 6. The summed E-state index contributed by atoms with van der Waals surface area (Å²) in [5, 5.41) is 1.31. The van der Waals surface area contributed by atoms with E-state index in [0.717, 1.165) is 31.9 Å². The number of esters is 1. The van der Waals surface area contributed by atoms with E-state index in [4.69, 9.17) is 9.47 Å². The summed E-state index contributed by atoms with van der Waals surface area (Å²) in [5.74, 6) is 1.71. The topological polar surface area (TPSA) is 46.9 Å². The minimum absolute atomic E-state index is 0.269. The molecule has 1 aliphatic carbocycles. The second-order valence-electron chi connectivity index (χ2n) is 11.7. The van der Waals surface area contributed by atoms with E-state index in [2.05, 4.69) is 58.8 Å². The van der Waals surface area contributed by atoms with Crippen molar-refractivity contribution in [2.24, 2.45) is 5.92 Å². The lowest BCUT2D eigenvalue weighted by molar-refractivity contribution is 0.0601. The van der Waals surface area contributed by atoms with Gasteiger partial charge in [-0.25, -0.2) is 4.79 Å². The molecule has 3 aliphatic rings. The molecule has 3 aromatic rings. The number of methoxy groups -OCH3 is 2. The molecule has 0 amide bonds. The Kier molecular flexibility index (Phi) is 6.95. The molecular weight excluding hydrogens is 474 g/mol. The molecule has 0 radical (unpaired) electrons. The van der Waals surface area contributed by atoms with Gasteiger partial charge in [-0.05, 0) is 93.2 Å². The molecule has 1 saturated heterocycles. The predicted molar refractivity (Wildman–Crippen MR) is 152 cm³/mol. The van der Waals surface area contributed by atoms with Gasteiger partial charge in [0.2, 0.25) is 0 Å². The van der Waals surface area contributed by atoms with Crippen LogP contribution >= 0.6 is 0 Å². The van der Waals surface area contributed by atoms with Crippen molar-refractivity contribution < 1.29 is 14.3 Å². The molecule has 0 unspecified atom stereocenters. The summed E-state index contributed by atoms with van der Waals surface area (Å²) in [7, 11) is 7.55. The first kappa shape index (κ1) is 25.4. The SMILES string of the molecule is COC(=O)c1ccc2c(C3CCCCC3)c3n(c2c1)C[C@@H]1CCN(CCN(C)C)[C@H]1c1cc(OC)ccc1-3. The summed E-state index contributed by atoms with van der Waals surface area (Å²) in [6.07, 6.45) is 7.54. The van der Waals surface area contributed by atoms with Crippen LogP contribution in [0.3, 0.4) is 0 Å². The van der Waals surface area contributed by atoms with Crippen LogP contribution in [0.25, 0.3) is 22.2 Å². The van der Waals surface area contributed by atoms with Crippen LogP contribution in [0.5, 0.6) is 5.75 Å². The van der Waals surface area contributed by atoms with Crippen LogP contribution in [0.1, 0.15) is 72.0 Å². The third kappa shape index (κ3) is 4.32. The molecular formula is C32H41N3O3. The Morgan fingerprint density at radius 2 is 1.84 bits per heavy atom. The number of likely N-dealkylation sites (N-methyl/N-ethyl adjacent to an activating group) is 1. The maximum Gasteiger partial charge on any atom is 0.337 e. The molecule has 6 nitrogen and oxygen atoms in total. The molecule has 0 bridgehead atoms. The van der Waals surface area contributed by atoms with Crippen LogP contribution in [-0.4, -0.2) is 68.3 Å². The van der Waals surface area contributed by atoms with Gasteiger partial charge in [-0.3, -0.25) is 4.90 Å². The van der Waals surface area contributed by atoms with E-state index >= 15 is 0 Å². The Bertz CT molecular complexity index is 1340. The number of hydrogen-bond acceptors (Lipinski definition) is 5. The average Bonchev–Trinajstić information content (AvgIpc) is 3.45. The van der Waals surface area contributed by atoms with Crippen LogP contribution in [-0.2, 0) is 11.3 Å². The first-order valence-electron chi connectivity index (χ1n) is 14.3. The van der Waals surface area contributed by atoms with Gasteiger partial charge >= 0.3 is 5.97 Å². The molecule has 6 rings (SSSR count). The van der Waals surface area contributed by atoms with Crippen LogP contribution in [0.4, 0.5) is 0 Å². The largest absolute Gasteiger partial charge is 0.497 e. The first-order chi connectivity index (χ1) is 18.5. The van der Waals surface area contributed by atoms with Crippen LogP contribution in [0.15, 0.2) is 36.4 Å². The number of likely N-dealkylation sites (tertiary alicyclic amines) is 1. The summed E-state index contributed by atoms with van der Waals surface area (Å²) in [5.41, 5.74) is 7.41. The van der Waals surface area contributed by atoms with Crippen molar-refractivity contribution in [3.63, 3.8) is 0 Å². The van der Waals surface area contributed by atoms with E-state index in [1.165, 1.54) is 78.9 Å². The molecule has 2 fully saturated rings. The summed E-state index contributed by atoms with van der Waals surface area (Å²) < 4.78 is 13.4. The molecule has 6 heteroatoms. The molecule has 2 aromatic carbocycles. The lowest BCUT2D eigenvalue weighted by Crippen LogP contribution is -2.33. The summed E-state index contributed by atoms with van der Waals surface area (Å²) in [6.45, 7) is 4.18. The Labute approximate surface area is 226 Å². The second kappa shape index (κ2) is 10.4. The zero-order valence-corrected chi connectivity index (χ0v) is 23.3. The molecule has 0 N–H and O–H groups in total. The first-order valence-corrected chi connectivity index (χ1v) is 14.3. The van der Waals surface area contributed by atoms with Gasteiger partial charge in [-0.15, -0.1) is 0 Å². The number of benzene rings is 2. The van der Waals surface area contributed by atoms with E-state index in [1.54, 1.807) is 7.11 Å². The Morgan fingerprint density at radius 1 is 1.03 bits per heavy atom. The predicted octanol–water partition coefficient (Wildman–Crippen LogP) is 6.09. The fourth-order valence-corrected chi connectivity index (χ4v) is 7.42. The number of carbonyl (C=O) groups is 1. The molecule has 3 heterocycles. The fourth-order valence-electron chi connectivity index (χ4n) is 7.42. The fraction of sp³-hybridized carbons (Fsp3) is 0.531. The van der Waals surface area contributed by atoms with Crippen molar-refractivity contribution in [1.29, 1.82) is 0 Å². The number of nitrogens with zero attached hydrogens (tertiary/aromatic N) is 3. The smallest absolute Gasteiger partial charge is 0.337 e. The normalized spacial score (nSPS) is 21.7. The van der Waals surface area contributed by atoms with E-state index in [9.17, 15) is 4.79 Å². The van der Waals surface area contributed by atoms with Crippen LogP contribution in [0, 0.1) is 5.92 Å². The highest BCUT2D eigenvalue weighted by molar-refractivity contribution is 5.99. The van der Waals surface area contributed by atoms with Gasteiger partial charge in [-0.1, -0.05) is 25.3 Å². The van der Waals surface area contributed by atoms with Gasteiger partial charge in [0.25, 0.3) is 0 Å².